The average Bonchev–Trinajstić information content (AvgIpc) is 2.98. The molecule has 0 aliphatic carbocycles. The molecule has 0 aliphatic heterocycles. The van der Waals surface area contributed by atoms with E-state index >= 15 is 0 Å². The van der Waals surface area contributed by atoms with Crippen LogP contribution in [0.2, 0.25) is 0 Å². The summed E-state index contributed by atoms with van der Waals surface area (Å²) in [4.78, 5) is 0. The molecule has 0 saturated carbocycles. The summed E-state index contributed by atoms with van der Waals surface area (Å²) in [6.07, 6.45) is 0. The second kappa shape index (κ2) is 18.7. The smallest absolute Gasteiger partial charge is 0.317 e. The lowest BCUT2D eigenvalue weighted by atomic mass is 9.98. The maximum absolute atomic E-state index is 14.1. The minimum atomic E-state index is -3.50. The Labute approximate surface area is 308 Å². The molecule has 0 spiro atoms. The zero-order valence-electron chi connectivity index (χ0n) is 35.4. The summed E-state index contributed by atoms with van der Waals surface area (Å²) in [5, 5.41) is -1.01. The van der Waals surface area contributed by atoms with Crippen LogP contribution in [-0.4, -0.2) is 17.0 Å². The van der Waals surface area contributed by atoms with Gasteiger partial charge in [-0.25, -0.2) is 0 Å². The van der Waals surface area contributed by atoms with Crippen LogP contribution >= 0.6 is 15.0 Å². The first-order valence-corrected chi connectivity index (χ1v) is 21.7. The molecule has 284 valence electrons. The highest BCUT2D eigenvalue weighted by atomic mass is 31.2. The number of hydrogen-bond donors (Lipinski definition) is 0. The highest BCUT2D eigenvalue weighted by Gasteiger charge is 2.48. The molecule has 0 radical (unpaired) electrons. The molecule has 1 unspecified atom stereocenters. The Hall–Kier alpha value is -2.00. The summed E-state index contributed by atoms with van der Waals surface area (Å²) >= 11 is 0. The second-order valence-corrected chi connectivity index (χ2v) is 22.0. The SMILES string of the molecule is CC.CC.Cc1ccc(C(C)(C)OP(=O)(OC(C)(C)c2ccc(C)cc2)C(C)(C)C)cc1.Cc1ccc(C(C)(C)OP(C)(=O)C(C)(C)C)cc1. The number of hydrogen-bond acceptors (Lipinski definition) is 5. The molecule has 0 aromatic heterocycles. The molecule has 3 aromatic carbocycles. The first-order chi connectivity index (χ1) is 22.6. The molecule has 7 heteroatoms. The van der Waals surface area contributed by atoms with E-state index in [4.69, 9.17) is 13.6 Å². The maximum Gasteiger partial charge on any atom is 0.337 e. The highest BCUT2D eigenvalue weighted by Crippen LogP contribution is 2.66. The first kappa shape index (κ1) is 48.0. The average molecular weight is 731 g/mol. The first-order valence-electron chi connectivity index (χ1n) is 18.1. The Morgan fingerprint density at radius 3 is 0.820 bits per heavy atom. The van der Waals surface area contributed by atoms with Crippen LogP contribution in [0.3, 0.4) is 0 Å². The molecule has 0 N–H and O–H groups in total. The maximum atomic E-state index is 14.1. The van der Waals surface area contributed by atoms with E-state index in [1.807, 2.05) is 185 Å². The molecular formula is C43H72O5P2. The van der Waals surface area contributed by atoms with Crippen molar-refractivity contribution < 1.29 is 22.7 Å². The van der Waals surface area contributed by atoms with E-state index in [1.165, 1.54) is 16.7 Å². The Morgan fingerprint density at radius 1 is 0.400 bits per heavy atom. The van der Waals surface area contributed by atoms with Crippen LogP contribution in [0, 0.1) is 20.8 Å². The zero-order chi connectivity index (χ0) is 39.6. The molecule has 5 nitrogen and oxygen atoms in total. The third kappa shape index (κ3) is 13.9. The van der Waals surface area contributed by atoms with Crippen LogP contribution in [-0.2, 0) is 39.5 Å². The van der Waals surface area contributed by atoms with Gasteiger partial charge in [0.1, 0.15) is 0 Å². The van der Waals surface area contributed by atoms with E-state index in [-0.39, 0.29) is 5.16 Å². The van der Waals surface area contributed by atoms with Gasteiger partial charge in [-0.15, -0.1) is 0 Å². The van der Waals surface area contributed by atoms with Gasteiger partial charge >= 0.3 is 7.60 Å². The van der Waals surface area contributed by atoms with Gasteiger partial charge in [0.2, 0.25) is 7.37 Å². The van der Waals surface area contributed by atoms with Gasteiger partial charge in [0, 0.05) is 11.8 Å². The van der Waals surface area contributed by atoms with Gasteiger partial charge in [0.25, 0.3) is 0 Å². The second-order valence-electron chi connectivity index (χ2n) is 16.1. The lowest BCUT2D eigenvalue weighted by molar-refractivity contribution is 0.0208. The van der Waals surface area contributed by atoms with Crippen LogP contribution < -0.4 is 0 Å². The molecule has 0 fully saturated rings. The van der Waals surface area contributed by atoms with Crippen molar-refractivity contribution >= 4 is 15.0 Å². The lowest BCUT2D eigenvalue weighted by Gasteiger charge is -2.41. The van der Waals surface area contributed by atoms with Crippen molar-refractivity contribution in [2.75, 3.05) is 6.66 Å². The van der Waals surface area contributed by atoms with Gasteiger partial charge in [-0.05, 0) is 99.8 Å². The molecule has 50 heavy (non-hydrogen) atoms. The quantitative estimate of drug-likeness (QED) is 0.205. The van der Waals surface area contributed by atoms with Gasteiger partial charge in [0.05, 0.1) is 22.0 Å². The molecule has 0 saturated heterocycles. The Bertz CT molecular complexity index is 1460. The number of benzene rings is 3. The minimum absolute atomic E-state index is 0.338. The molecule has 0 aliphatic rings. The summed E-state index contributed by atoms with van der Waals surface area (Å²) in [5.74, 6) is 0. The molecule has 0 bridgehead atoms. The van der Waals surface area contributed by atoms with E-state index in [2.05, 4.69) is 19.1 Å². The fourth-order valence-corrected chi connectivity index (χ4v) is 7.74. The summed E-state index contributed by atoms with van der Waals surface area (Å²) < 4.78 is 45.4. The fourth-order valence-electron chi connectivity index (χ4n) is 4.49. The predicted molar refractivity (Wildman–Crippen MR) is 219 cm³/mol. The molecule has 1 atom stereocenters. The standard InChI is InChI=1S/C24H35O3P.C15H25O2P.2C2H6/c1-18-10-14-20(15-11-18)23(6,7)26-28(25,22(3,4)5)27-24(8,9)21-16-12-19(2)13-17-21;1-12-8-10-13(11-9-12)15(5,6)17-18(7,16)14(2,3)4;2*1-2/h10-17H,1-9H3;8-11H,1-7H3;2*1-2H3. The van der Waals surface area contributed by atoms with Crippen LogP contribution in [0.4, 0.5) is 0 Å². The van der Waals surface area contributed by atoms with Crippen molar-refractivity contribution in [3.05, 3.63) is 106 Å². The summed E-state index contributed by atoms with van der Waals surface area (Å²) in [5.41, 5.74) is 4.53. The van der Waals surface area contributed by atoms with Gasteiger partial charge in [-0.1, -0.05) is 138 Å². The number of rotatable bonds is 9. The van der Waals surface area contributed by atoms with Crippen molar-refractivity contribution in [1.29, 1.82) is 0 Å². The summed E-state index contributed by atoms with van der Waals surface area (Å²) in [7, 11) is -6.18. The third-order valence-electron chi connectivity index (χ3n) is 8.38. The van der Waals surface area contributed by atoms with Crippen LogP contribution in [0.25, 0.3) is 0 Å². The Morgan fingerprint density at radius 2 is 0.620 bits per heavy atom. The molecule has 0 heterocycles. The van der Waals surface area contributed by atoms with Crippen molar-refractivity contribution in [3.63, 3.8) is 0 Å². The Balaban J connectivity index is 0.000000942. The van der Waals surface area contributed by atoms with E-state index in [0.717, 1.165) is 16.7 Å². The largest absolute Gasteiger partial charge is 0.337 e. The minimum Gasteiger partial charge on any atom is -0.317 e. The van der Waals surface area contributed by atoms with E-state index < -0.39 is 36.9 Å². The number of aryl methyl sites for hydroxylation is 3. The van der Waals surface area contributed by atoms with E-state index in [1.54, 1.807) is 6.66 Å². The normalized spacial score (nSPS) is 13.8. The van der Waals surface area contributed by atoms with Gasteiger partial charge in [-0.3, -0.25) is 18.2 Å². The van der Waals surface area contributed by atoms with Crippen LogP contribution in [0.1, 0.15) is 144 Å². The van der Waals surface area contributed by atoms with E-state index in [9.17, 15) is 9.13 Å². The van der Waals surface area contributed by atoms with Crippen molar-refractivity contribution in [2.45, 2.75) is 159 Å². The van der Waals surface area contributed by atoms with Gasteiger partial charge in [0.15, 0.2) is 0 Å². The van der Waals surface area contributed by atoms with Crippen molar-refractivity contribution in [3.8, 4) is 0 Å². The van der Waals surface area contributed by atoms with Gasteiger partial charge in [-0.2, -0.15) is 0 Å². The Kier molecular flexibility index (Phi) is 17.9. The van der Waals surface area contributed by atoms with Crippen LogP contribution in [0.15, 0.2) is 72.8 Å². The highest BCUT2D eigenvalue weighted by molar-refractivity contribution is 7.59. The molecular weight excluding hydrogens is 658 g/mol. The van der Waals surface area contributed by atoms with E-state index in [0.29, 0.717) is 0 Å². The topological polar surface area (TPSA) is 61.8 Å². The predicted octanol–water partition coefficient (Wildman–Crippen LogP) is 14.5. The molecule has 3 aromatic rings. The third-order valence-corrected chi connectivity index (χ3v) is 14.7. The monoisotopic (exact) mass is 730 g/mol. The zero-order valence-corrected chi connectivity index (χ0v) is 37.2. The molecule has 0 amide bonds. The van der Waals surface area contributed by atoms with Gasteiger partial charge < -0.3 is 4.52 Å². The fraction of sp³-hybridized carbons (Fsp3) is 0.581. The van der Waals surface area contributed by atoms with Crippen LogP contribution in [0.5, 0.6) is 0 Å². The lowest BCUT2D eigenvalue weighted by Crippen LogP contribution is -2.32. The van der Waals surface area contributed by atoms with Crippen molar-refractivity contribution in [2.24, 2.45) is 0 Å². The van der Waals surface area contributed by atoms with Crippen molar-refractivity contribution in [1.82, 2.24) is 0 Å². The molecule has 3 rings (SSSR count). The summed E-state index contributed by atoms with van der Waals surface area (Å²) in [6.45, 7) is 39.2. The summed E-state index contributed by atoms with van der Waals surface area (Å²) in [6, 6.07) is 24.4.